The van der Waals surface area contributed by atoms with E-state index in [0.717, 1.165) is 23.7 Å². The van der Waals surface area contributed by atoms with Crippen LogP contribution in [0.2, 0.25) is 0 Å². The Hall–Kier alpha value is -3.39. The lowest BCUT2D eigenvalue weighted by atomic mass is 9.84. The molecule has 3 heterocycles. The predicted octanol–water partition coefficient (Wildman–Crippen LogP) is 2.89. The molecule has 2 aliphatic rings. The minimum Gasteiger partial charge on any atom is -0.466 e. The van der Waals surface area contributed by atoms with Crippen LogP contribution in [0.25, 0.3) is 10.9 Å². The van der Waals surface area contributed by atoms with Gasteiger partial charge >= 0.3 is 5.97 Å². The van der Waals surface area contributed by atoms with Crippen LogP contribution in [0.5, 0.6) is 0 Å². The van der Waals surface area contributed by atoms with Crippen LogP contribution in [0.4, 0.5) is 0 Å². The lowest BCUT2D eigenvalue weighted by Crippen LogP contribution is -2.42. The summed E-state index contributed by atoms with van der Waals surface area (Å²) in [4.78, 5) is 43.4. The van der Waals surface area contributed by atoms with Gasteiger partial charge in [-0.25, -0.2) is 4.79 Å². The number of methoxy groups -OCH3 is 2. The van der Waals surface area contributed by atoms with Crippen molar-refractivity contribution in [2.75, 3.05) is 34.4 Å². The van der Waals surface area contributed by atoms with E-state index in [9.17, 15) is 14.4 Å². The highest BCUT2D eigenvalue weighted by Crippen LogP contribution is 2.34. The quantitative estimate of drug-likeness (QED) is 0.462. The second-order valence-electron chi connectivity index (χ2n) is 8.90. The Kier molecular flexibility index (Phi) is 6.88. The Labute approximate surface area is 199 Å². The van der Waals surface area contributed by atoms with Crippen molar-refractivity contribution in [3.8, 4) is 0 Å². The number of ether oxygens (including phenoxy) is 2. The van der Waals surface area contributed by atoms with Crippen molar-refractivity contribution in [1.29, 1.82) is 0 Å². The molecule has 8 heteroatoms. The SMILES string of the molecule is COCC1CCCN1C(=O)C1=CN(C)C=C(C(=O)OC)C1CC(=O)c1cc2ccccc2n1C. The third-order valence-electron chi connectivity index (χ3n) is 6.73. The standard InChI is InChI=1S/C26H31N3O5/c1-27-14-20(25(31)29-11-7-9-18(29)16-33-3)19(21(15-27)26(32)34-4)13-24(30)23-12-17-8-5-6-10-22(17)28(23)2/h5-6,8,10,12,14-15,18-19H,7,9,11,13,16H2,1-4H3. The number of likely N-dealkylation sites (tertiary alicyclic amines) is 1. The first-order valence-corrected chi connectivity index (χ1v) is 11.5. The van der Waals surface area contributed by atoms with Crippen molar-refractivity contribution in [1.82, 2.24) is 14.4 Å². The molecule has 2 aromatic rings. The van der Waals surface area contributed by atoms with Crippen LogP contribution in [0.15, 0.2) is 53.9 Å². The number of aromatic nitrogens is 1. The van der Waals surface area contributed by atoms with Gasteiger partial charge in [-0.3, -0.25) is 9.59 Å². The molecule has 1 saturated heterocycles. The molecule has 8 nitrogen and oxygen atoms in total. The summed E-state index contributed by atoms with van der Waals surface area (Å²) in [5.74, 6) is -1.56. The molecule has 4 rings (SSSR count). The van der Waals surface area contributed by atoms with Gasteiger partial charge in [0, 0.05) is 69.0 Å². The molecular formula is C26H31N3O5. The van der Waals surface area contributed by atoms with Crippen molar-refractivity contribution in [3.05, 3.63) is 59.6 Å². The van der Waals surface area contributed by atoms with Crippen molar-refractivity contribution in [2.24, 2.45) is 13.0 Å². The molecule has 1 fully saturated rings. The largest absolute Gasteiger partial charge is 0.466 e. The summed E-state index contributed by atoms with van der Waals surface area (Å²) in [6.45, 7) is 1.07. The lowest BCUT2D eigenvalue weighted by Gasteiger charge is -2.32. The van der Waals surface area contributed by atoms with Gasteiger partial charge in [0.15, 0.2) is 5.78 Å². The smallest absolute Gasteiger partial charge is 0.335 e. The fraction of sp³-hybridized carbons (Fsp3) is 0.423. The molecule has 0 bridgehead atoms. The van der Waals surface area contributed by atoms with Gasteiger partial charge in [-0.2, -0.15) is 0 Å². The van der Waals surface area contributed by atoms with E-state index in [4.69, 9.17) is 9.47 Å². The minimum absolute atomic E-state index is 0.0146. The summed E-state index contributed by atoms with van der Waals surface area (Å²) in [7, 11) is 6.54. The molecule has 1 aromatic heterocycles. The molecule has 180 valence electrons. The fourth-order valence-electron chi connectivity index (χ4n) is 5.04. The normalized spacial score (nSPS) is 20.4. The number of aryl methyl sites for hydroxylation is 1. The van der Waals surface area contributed by atoms with Crippen LogP contribution >= 0.6 is 0 Å². The van der Waals surface area contributed by atoms with Crippen molar-refractivity contribution < 1.29 is 23.9 Å². The van der Waals surface area contributed by atoms with Gasteiger partial charge in [0.1, 0.15) is 0 Å². The highest BCUT2D eigenvalue weighted by Gasteiger charge is 2.39. The molecule has 1 amide bonds. The molecular weight excluding hydrogens is 434 g/mol. The summed E-state index contributed by atoms with van der Waals surface area (Å²) in [5.41, 5.74) is 2.20. The average Bonchev–Trinajstić information content (AvgIpc) is 3.43. The Morgan fingerprint density at radius 3 is 2.50 bits per heavy atom. The molecule has 2 unspecified atom stereocenters. The van der Waals surface area contributed by atoms with Crippen LogP contribution in [0.1, 0.15) is 29.8 Å². The van der Waals surface area contributed by atoms with Gasteiger partial charge in [-0.05, 0) is 25.0 Å². The molecule has 2 aliphatic heterocycles. The maximum atomic E-state index is 13.7. The van der Waals surface area contributed by atoms with Gasteiger partial charge in [0.05, 0.1) is 31.0 Å². The number of carbonyl (C=O) groups excluding carboxylic acids is 3. The van der Waals surface area contributed by atoms with Crippen molar-refractivity contribution >= 4 is 28.6 Å². The van der Waals surface area contributed by atoms with E-state index in [-0.39, 0.29) is 24.2 Å². The third-order valence-corrected chi connectivity index (χ3v) is 6.73. The Morgan fingerprint density at radius 1 is 1.06 bits per heavy atom. The molecule has 0 N–H and O–H groups in total. The minimum atomic E-state index is -0.703. The molecule has 1 aromatic carbocycles. The van der Waals surface area contributed by atoms with E-state index in [1.807, 2.05) is 41.9 Å². The zero-order valence-corrected chi connectivity index (χ0v) is 20.1. The number of amides is 1. The van der Waals surface area contributed by atoms with E-state index in [1.54, 1.807) is 36.4 Å². The lowest BCUT2D eigenvalue weighted by molar-refractivity contribution is -0.136. The second kappa shape index (κ2) is 9.85. The Morgan fingerprint density at radius 2 is 1.79 bits per heavy atom. The maximum absolute atomic E-state index is 13.7. The molecule has 0 aliphatic carbocycles. The molecule has 0 spiro atoms. The van der Waals surface area contributed by atoms with Crippen LogP contribution in [0.3, 0.4) is 0 Å². The van der Waals surface area contributed by atoms with Gasteiger partial charge in [0.25, 0.3) is 5.91 Å². The Balaban J connectivity index is 1.69. The number of para-hydroxylation sites is 1. The number of hydrogen-bond acceptors (Lipinski definition) is 6. The molecule has 0 saturated carbocycles. The number of nitrogens with zero attached hydrogens (tertiary/aromatic N) is 3. The number of carbonyl (C=O) groups is 3. The van der Waals surface area contributed by atoms with E-state index >= 15 is 0 Å². The molecule has 34 heavy (non-hydrogen) atoms. The van der Waals surface area contributed by atoms with Crippen LogP contribution in [-0.4, -0.2) is 72.5 Å². The second-order valence-corrected chi connectivity index (χ2v) is 8.90. The zero-order valence-electron chi connectivity index (χ0n) is 20.1. The first-order chi connectivity index (χ1) is 16.3. The van der Waals surface area contributed by atoms with E-state index in [2.05, 4.69) is 0 Å². The fourth-order valence-corrected chi connectivity index (χ4v) is 5.04. The van der Waals surface area contributed by atoms with E-state index < -0.39 is 11.9 Å². The highest BCUT2D eigenvalue weighted by molar-refractivity contribution is 6.04. The van der Waals surface area contributed by atoms with Gasteiger partial charge in [0.2, 0.25) is 0 Å². The molecule has 0 radical (unpaired) electrons. The first-order valence-electron chi connectivity index (χ1n) is 11.5. The zero-order chi connectivity index (χ0) is 24.4. The van der Waals surface area contributed by atoms with Crippen molar-refractivity contribution in [3.63, 3.8) is 0 Å². The number of esters is 1. The van der Waals surface area contributed by atoms with Gasteiger partial charge < -0.3 is 23.8 Å². The monoisotopic (exact) mass is 465 g/mol. The summed E-state index contributed by atoms with van der Waals surface area (Å²) in [6, 6.07) is 9.61. The topological polar surface area (TPSA) is 81.1 Å². The number of fused-ring (bicyclic) bond motifs is 1. The molecule has 2 atom stereocenters. The van der Waals surface area contributed by atoms with E-state index in [0.29, 0.717) is 30.0 Å². The first kappa shape index (κ1) is 23.8. The summed E-state index contributed by atoms with van der Waals surface area (Å²) in [5, 5.41) is 0.965. The Bertz CT molecular complexity index is 1180. The summed E-state index contributed by atoms with van der Waals surface area (Å²) < 4.78 is 12.2. The summed E-state index contributed by atoms with van der Waals surface area (Å²) in [6.07, 6.45) is 5.10. The number of ketones is 1. The highest BCUT2D eigenvalue weighted by atomic mass is 16.5. The van der Waals surface area contributed by atoms with Gasteiger partial charge in [-0.15, -0.1) is 0 Å². The number of hydrogen-bond donors (Lipinski definition) is 0. The van der Waals surface area contributed by atoms with Crippen molar-refractivity contribution in [2.45, 2.75) is 25.3 Å². The number of benzene rings is 1. The summed E-state index contributed by atoms with van der Waals surface area (Å²) >= 11 is 0. The predicted molar refractivity (Wildman–Crippen MR) is 128 cm³/mol. The van der Waals surface area contributed by atoms with Crippen LogP contribution in [-0.2, 0) is 26.1 Å². The van der Waals surface area contributed by atoms with Crippen LogP contribution < -0.4 is 0 Å². The third kappa shape index (κ3) is 4.37. The van der Waals surface area contributed by atoms with Gasteiger partial charge in [-0.1, -0.05) is 18.2 Å². The number of Topliss-reactive ketones (excluding diaryl/α,β-unsaturated/α-hetero) is 1. The number of rotatable bonds is 7. The van der Waals surface area contributed by atoms with E-state index in [1.165, 1.54) is 7.11 Å². The average molecular weight is 466 g/mol. The maximum Gasteiger partial charge on any atom is 0.335 e. The van der Waals surface area contributed by atoms with Crippen LogP contribution in [0, 0.1) is 5.92 Å².